The van der Waals surface area contributed by atoms with Gasteiger partial charge in [-0.25, -0.2) is 9.37 Å². The molecule has 2 aromatic rings. The number of aromatic nitrogens is 1. The number of alkyl halides is 1. The lowest BCUT2D eigenvalue weighted by Gasteiger charge is -2.33. The molecule has 28 heavy (non-hydrogen) atoms. The van der Waals surface area contributed by atoms with Crippen molar-refractivity contribution in [2.24, 2.45) is 0 Å². The number of aliphatic hydroxyl groups is 1. The van der Waals surface area contributed by atoms with Gasteiger partial charge in [-0.05, 0) is 17.7 Å². The highest BCUT2D eigenvalue weighted by molar-refractivity contribution is 7.99. The Morgan fingerprint density at radius 1 is 1.25 bits per heavy atom. The Hall–Kier alpha value is -2.85. The largest absolute Gasteiger partial charge is 0.491 e. The second-order valence-corrected chi connectivity index (χ2v) is 7.14. The van der Waals surface area contributed by atoms with Crippen LogP contribution < -0.4 is 10.5 Å². The predicted octanol–water partition coefficient (Wildman–Crippen LogP) is 2.28. The minimum atomic E-state index is -1.45. The molecule has 1 saturated heterocycles. The summed E-state index contributed by atoms with van der Waals surface area (Å²) in [7, 11) is 0. The number of benzene rings is 1. The number of hydrogen-bond donors (Lipinski definition) is 2. The van der Waals surface area contributed by atoms with E-state index < -0.39 is 5.67 Å². The molecule has 1 aromatic carbocycles. The first-order chi connectivity index (χ1) is 13.5. The number of nitrogens with two attached hydrogens (primary N) is 1. The average Bonchev–Trinajstić information content (AvgIpc) is 2.69. The minimum absolute atomic E-state index is 0.00973. The van der Waals surface area contributed by atoms with Crippen LogP contribution in [0.1, 0.15) is 11.1 Å². The number of halogens is 1. The molecule has 1 aliphatic heterocycles. The summed E-state index contributed by atoms with van der Waals surface area (Å²) < 4.78 is 24.5. The molecule has 0 aliphatic carbocycles. The van der Waals surface area contributed by atoms with E-state index in [1.807, 2.05) is 6.07 Å². The number of hydrogen-bond acceptors (Lipinski definition) is 8. The number of nitrogens with zero attached hydrogens (tertiary/aromatic N) is 3. The molecule has 2 heterocycles. The molecule has 1 aliphatic rings. The fraction of sp³-hybridized carbons (Fsp3) is 0.316. The zero-order valence-corrected chi connectivity index (χ0v) is 15.6. The lowest BCUT2D eigenvalue weighted by Crippen LogP contribution is -2.47. The molecule has 0 spiro atoms. The Kier molecular flexibility index (Phi) is 6.00. The molecule has 0 saturated carbocycles. The summed E-state index contributed by atoms with van der Waals surface area (Å²) in [4.78, 5) is 4.16. The first kappa shape index (κ1) is 19.9. The molecule has 144 valence electrons. The molecule has 1 aromatic heterocycles. The maximum absolute atomic E-state index is 14.3. The first-order valence-electron chi connectivity index (χ1n) is 8.38. The van der Waals surface area contributed by atoms with Gasteiger partial charge in [0.05, 0.1) is 25.4 Å². The Morgan fingerprint density at radius 3 is 2.46 bits per heavy atom. The van der Waals surface area contributed by atoms with Gasteiger partial charge in [0, 0.05) is 11.3 Å². The van der Waals surface area contributed by atoms with E-state index in [0.717, 1.165) is 11.8 Å². The van der Waals surface area contributed by atoms with Crippen molar-refractivity contribution in [2.75, 3.05) is 37.9 Å². The van der Waals surface area contributed by atoms with Crippen molar-refractivity contribution >= 4 is 17.6 Å². The first-order valence-corrected chi connectivity index (χ1v) is 9.37. The predicted molar refractivity (Wildman–Crippen MR) is 101 cm³/mol. The number of aliphatic hydroxyl groups excluding tert-OH is 1. The molecular formula is C19H17FN4O3S. The smallest absolute Gasteiger partial charge is 0.166 e. The third kappa shape index (κ3) is 4.02. The van der Waals surface area contributed by atoms with E-state index in [1.54, 1.807) is 24.3 Å². The maximum Gasteiger partial charge on any atom is 0.166 e. The summed E-state index contributed by atoms with van der Waals surface area (Å²) in [6.45, 7) is 0.0665. The van der Waals surface area contributed by atoms with Crippen LogP contribution >= 0.6 is 11.8 Å². The van der Waals surface area contributed by atoms with Crippen molar-refractivity contribution in [1.29, 1.82) is 10.5 Å². The van der Waals surface area contributed by atoms with Crippen molar-refractivity contribution in [1.82, 2.24) is 4.98 Å². The quantitative estimate of drug-likeness (QED) is 0.678. The Bertz CT molecular complexity index is 950. The van der Waals surface area contributed by atoms with E-state index in [0.29, 0.717) is 16.9 Å². The molecule has 0 bridgehead atoms. The standard InChI is InChI=1S/C19H17FN4O3S/c20-19(9-26-10-19)11-28-18-15(8-22)16(14(7-21)17(23)24-18)12-1-3-13(4-2-12)27-6-5-25/h1-4,25H,5-6,9-11H2,(H2,23,24). The fourth-order valence-corrected chi connectivity index (χ4v) is 3.69. The number of nitriles is 2. The van der Waals surface area contributed by atoms with Crippen LogP contribution in [-0.4, -0.2) is 47.9 Å². The zero-order valence-electron chi connectivity index (χ0n) is 14.8. The second kappa shape index (κ2) is 8.44. The normalized spacial score (nSPS) is 14.6. The van der Waals surface area contributed by atoms with Gasteiger partial charge in [0.1, 0.15) is 40.9 Å². The lowest BCUT2D eigenvalue weighted by atomic mass is 9.97. The van der Waals surface area contributed by atoms with Gasteiger partial charge in [0.25, 0.3) is 0 Å². The van der Waals surface area contributed by atoms with E-state index in [-0.39, 0.29) is 54.2 Å². The van der Waals surface area contributed by atoms with E-state index in [4.69, 9.17) is 20.3 Å². The second-order valence-electron chi connectivity index (χ2n) is 6.18. The highest BCUT2D eigenvalue weighted by atomic mass is 32.2. The summed E-state index contributed by atoms with van der Waals surface area (Å²) in [6.07, 6.45) is 0. The number of pyridine rings is 1. The van der Waals surface area contributed by atoms with Crippen molar-refractivity contribution in [3.05, 3.63) is 35.4 Å². The number of rotatable bonds is 7. The summed E-state index contributed by atoms with van der Waals surface area (Å²) in [5.41, 5.74) is 5.70. The van der Waals surface area contributed by atoms with E-state index >= 15 is 0 Å². The van der Waals surface area contributed by atoms with E-state index in [2.05, 4.69) is 11.1 Å². The third-order valence-corrected chi connectivity index (χ3v) is 5.34. The highest BCUT2D eigenvalue weighted by Crippen LogP contribution is 2.38. The Balaban J connectivity index is 2.00. The van der Waals surface area contributed by atoms with Crippen LogP contribution in [0.2, 0.25) is 0 Å². The minimum Gasteiger partial charge on any atom is -0.491 e. The van der Waals surface area contributed by atoms with Crippen molar-refractivity contribution in [3.63, 3.8) is 0 Å². The molecule has 1 fully saturated rings. The zero-order chi connectivity index (χ0) is 20.1. The van der Waals surface area contributed by atoms with Crippen molar-refractivity contribution in [2.45, 2.75) is 10.7 Å². The SMILES string of the molecule is N#Cc1c(N)nc(SCC2(F)COC2)c(C#N)c1-c1ccc(OCCO)cc1. The average molecular weight is 400 g/mol. The summed E-state index contributed by atoms with van der Waals surface area (Å²) in [6, 6.07) is 10.8. The number of nitrogen functional groups attached to an aromatic ring is 1. The van der Waals surface area contributed by atoms with Gasteiger partial charge in [-0.2, -0.15) is 10.5 Å². The van der Waals surface area contributed by atoms with Gasteiger partial charge in [-0.3, -0.25) is 0 Å². The molecule has 3 N–H and O–H groups in total. The van der Waals surface area contributed by atoms with Gasteiger partial charge < -0.3 is 20.3 Å². The fourth-order valence-electron chi connectivity index (χ4n) is 2.68. The van der Waals surface area contributed by atoms with Gasteiger partial charge in [0.2, 0.25) is 0 Å². The summed E-state index contributed by atoms with van der Waals surface area (Å²) in [5, 5.41) is 28.4. The van der Waals surface area contributed by atoms with E-state index in [1.165, 1.54) is 0 Å². The van der Waals surface area contributed by atoms with Crippen molar-refractivity contribution < 1.29 is 19.0 Å². The molecule has 0 amide bonds. The number of ether oxygens (including phenoxy) is 2. The van der Waals surface area contributed by atoms with Gasteiger partial charge in [-0.15, -0.1) is 11.8 Å². The third-order valence-electron chi connectivity index (χ3n) is 4.11. The molecule has 0 unspecified atom stereocenters. The van der Waals surface area contributed by atoms with Crippen molar-refractivity contribution in [3.8, 4) is 29.0 Å². The lowest BCUT2D eigenvalue weighted by molar-refractivity contribution is -0.114. The van der Waals surface area contributed by atoms with Crippen LogP contribution in [0.5, 0.6) is 5.75 Å². The monoisotopic (exact) mass is 400 g/mol. The van der Waals surface area contributed by atoms with E-state index in [9.17, 15) is 14.9 Å². The Morgan fingerprint density at radius 2 is 1.93 bits per heavy atom. The van der Waals surface area contributed by atoms with Gasteiger partial charge in [-0.1, -0.05) is 12.1 Å². The highest BCUT2D eigenvalue weighted by Gasteiger charge is 2.39. The number of thioether (sulfide) groups is 1. The molecule has 3 rings (SSSR count). The molecule has 0 atom stereocenters. The van der Waals surface area contributed by atoms with Crippen LogP contribution in [0.25, 0.3) is 11.1 Å². The molecule has 9 heteroatoms. The summed E-state index contributed by atoms with van der Waals surface area (Å²) >= 11 is 1.08. The molecular weight excluding hydrogens is 383 g/mol. The maximum atomic E-state index is 14.3. The van der Waals surface area contributed by atoms with Crippen LogP contribution in [0, 0.1) is 22.7 Å². The molecule has 7 nitrogen and oxygen atoms in total. The van der Waals surface area contributed by atoms with Crippen LogP contribution in [0.3, 0.4) is 0 Å². The number of anilines is 1. The summed E-state index contributed by atoms with van der Waals surface area (Å²) in [5.74, 6) is 0.598. The topological polar surface area (TPSA) is 125 Å². The van der Waals surface area contributed by atoms with Crippen LogP contribution in [0.15, 0.2) is 29.3 Å². The van der Waals surface area contributed by atoms with Crippen LogP contribution in [0.4, 0.5) is 10.2 Å². The molecule has 0 radical (unpaired) electrons. The Labute approximate surface area is 165 Å². The van der Waals surface area contributed by atoms with Crippen LogP contribution in [-0.2, 0) is 4.74 Å². The van der Waals surface area contributed by atoms with Gasteiger partial charge >= 0.3 is 0 Å². The van der Waals surface area contributed by atoms with Gasteiger partial charge in [0.15, 0.2) is 5.67 Å².